The van der Waals surface area contributed by atoms with Crippen molar-refractivity contribution in [1.29, 1.82) is 0 Å². The van der Waals surface area contributed by atoms with Crippen LogP contribution in [0.15, 0.2) is 12.2 Å². The molecule has 3 rings (SSSR count). The van der Waals surface area contributed by atoms with Gasteiger partial charge in [0.2, 0.25) is 0 Å². The van der Waals surface area contributed by atoms with E-state index in [1.807, 2.05) is 0 Å². The lowest BCUT2D eigenvalue weighted by Gasteiger charge is -2.21. The van der Waals surface area contributed by atoms with Gasteiger partial charge in [-0.3, -0.25) is 4.18 Å². The number of carbonyl (C=O) groups is 2. The molecule has 3 heterocycles. The van der Waals surface area contributed by atoms with Crippen LogP contribution in [0.2, 0.25) is 0 Å². The van der Waals surface area contributed by atoms with E-state index in [1.165, 1.54) is 6.92 Å². The highest BCUT2D eigenvalue weighted by molar-refractivity contribution is 7.87. The summed E-state index contributed by atoms with van der Waals surface area (Å²) in [6.07, 6.45) is -1.58. The molecule has 0 aliphatic carbocycles. The molecule has 2 bridgehead atoms. The maximum atomic E-state index is 11.7. The number of carbonyl (C=O) groups excluding carboxylic acids is 2. The molecule has 3 aliphatic heterocycles. The highest BCUT2D eigenvalue weighted by atomic mass is 32.2. The zero-order valence-electron chi connectivity index (χ0n) is 13.0. The van der Waals surface area contributed by atoms with Crippen LogP contribution in [0.5, 0.6) is 0 Å². The molecule has 3 saturated heterocycles. The molecule has 3 aliphatic rings. The van der Waals surface area contributed by atoms with Crippen molar-refractivity contribution in [3.05, 3.63) is 12.2 Å². The number of esters is 2. The van der Waals surface area contributed by atoms with Gasteiger partial charge >= 0.3 is 11.9 Å². The van der Waals surface area contributed by atoms with Gasteiger partial charge < -0.3 is 18.9 Å². The second kappa shape index (κ2) is 6.43. The summed E-state index contributed by atoms with van der Waals surface area (Å²) >= 11 is 0. The normalized spacial score (nSPS) is 35.0. The Balaban J connectivity index is 1.37. The number of rotatable bonds is 7. The summed E-state index contributed by atoms with van der Waals surface area (Å²) in [6.45, 7) is 4.35. The monoisotopic (exact) mass is 362 g/mol. The van der Waals surface area contributed by atoms with Gasteiger partial charge in [0.1, 0.15) is 30.2 Å². The molecule has 24 heavy (non-hydrogen) atoms. The summed E-state index contributed by atoms with van der Waals surface area (Å²) in [5.74, 6) is -1.38. The van der Waals surface area contributed by atoms with Gasteiger partial charge in [0, 0.05) is 5.57 Å². The van der Waals surface area contributed by atoms with Gasteiger partial charge in [-0.15, -0.1) is 0 Å². The Bertz CT molecular complexity index is 655. The number of hydrogen-bond donors (Lipinski definition) is 0. The Morgan fingerprint density at radius 1 is 1.21 bits per heavy atom. The molecule has 134 valence electrons. The Labute approximate surface area is 139 Å². The van der Waals surface area contributed by atoms with Crippen molar-refractivity contribution in [3.63, 3.8) is 0 Å². The molecule has 5 unspecified atom stereocenters. The molecule has 0 aromatic heterocycles. The van der Waals surface area contributed by atoms with Gasteiger partial charge in [0.25, 0.3) is 10.1 Å². The average molecular weight is 362 g/mol. The van der Waals surface area contributed by atoms with Crippen molar-refractivity contribution in [3.8, 4) is 0 Å². The molecule has 5 atom stereocenters. The second-order valence-electron chi connectivity index (χ2n) is 5.88. The molecule has 0 saturated carbocycles. The van der Waals surface area contributed by atoms with E-state index < -0.39 is 52.2 Å². The smallest absolute Gasteiger partial charge is 0.344 e. The summed E-state index contributed by atoms with van der Waals surface area (Å²) < 4.78 is 49.2. The lowest BCUT2D eigenvalue weighted by Crippen LogP contribution is -2.40. The first-order valence-electron chi connectivity index (χ1n) is 7.47. The first-order chi connectivity index (χ1) is 11.3. The number of hydrogen-bond acceptors (Lipinski definition) is 9. The van der Waals surface area contributed by atoms with E-state index in [9.17, 15) is 18.0 Å². The highest BCUT2D eigenvalue weighted by Gasteiger charge is 2.66. The molecule has 9 nitrogen and oxygen atoms in total. The number of fused-ring (bicyclic) bond motifs is 1. The third-order valence-corrected chi connectivity index (χ3v) is 5.81. The summed E-state index contributed by atoms with van der Waals surface area (Å²) in [5, 5.41) is -0.604. The third kappa shape index (κ3) is 3.18. The summed E-state index contributed by atoms with van der Waals surface area (Å²) in [4.78, 5) is 22.5. The maximum Gasteiger partial charge on any atom is 0.344 e. The molecular weight excluding hydrogens is 344 g/mol. The summed E-state index contributed by atoms with van der Waals surface area (Å²) in [7, 11) is -3.58. The molecule has 0 spiro atoms. The van der Waals surface area contributed by atoms with Crippen molar-refractivity contribution >= 4 is 22.1 Å². The quantitative estimate of drug-likeness (QED) is 0.251. The van der Waals surface area contributed by atoms with E-state index in [-0.39, 0.29) is 24.9 Å². The van der Waals surface area contributed by atoms with Crippen LogP contribution < -0.4 is 0 Å². The van der Waals surface area contributed by atoms with Crippen LogP contribution in [-0.2, 0) is 42.8 Å². The maximum absolute atomic E-state index is 11.7. The SMILES string of the molecule is C=C(C)C(=O)OCC(=O)OCCOC1C2CC3C(O2)C1OS3(=O)=O. The van der Waals surface area contributed by atoms with Crippen molar-refractivity contribution in [2.45, 2.75) is 43.0 Å². The second-order valence-corrected chi connectivity index (χ2v) is 7.66. The van der Waals surface area contributed by atoms with Gasteiger partial charge in [-0.05, 0) is 13.3 Å². The fraction of sp³-hybridized carbons (Fsp3) is 0.714. The van der Waals surface area contributed by atoms with Gasteiger partial charge in [-0.1, -0.05) is 6.58 Å². The van der Waals surface area contributed by atoms with E-state index in [0.717, 1.165) is 0 Å². The van der Waals surface area contributed by atoms with Gasteiger partial charge in [-0.25, -0.2) is 9.59 Å². The van der Waals surface area contributed by atoms with Crippen molar-refractivity contribution < 1.29 is 41.1 Å². The fourth-order valence-electron chi connectivity index (χ4n) is 3.06. The van der Waals surface area contributed by atoms with Crippen LogP contribution in [-0.4, -0.2) is 69.8 Å². The van der Waals surface area contributed by atoms with E-state index >= 15 is 0 Å². The Morgan fingerprint density at radius 3 is 2.67 bits per heavy atom. The topological polar surface area (TPSA) is 114 Å². The minimum absolute atomic E-state index is 0.0553. The van der Waals surface area contributed by atoms with Gasteiger partial charge in [0.15, 0.2) is 6.61 Å². The fourth-order valence-corrected chi connectivity index (χ4v) is 4.70. The van der Waals surface area contributed by atoms with Gasteiger partial charge in [0.05, 0.1) is 12.7 Å². The molecule has 0 aromatic carbocycles. The molecule has 0 N–H and O–H groups in total. The number of ether oxygens (including phenoxy) is 4. The molecule has 3 fully saturated rings. The van der Waals surface area contributed by atoms with E-state index in [1.54, 1.807) is 0 Å². The average Bonchev–Trinajstić information content (AvgIpc) is 3.12. The van der Waals surface area contributed by atoms with Crippen LogP contribution in [0.25, 0.3) is 0 Å². The first-order valence-corrected chi connectivity index (χ1v) is 8.94. The van der Waals surface area contributed by atoms with Crippen molar-refractivity contribution in [2.75, 3.05) is 19.8 Å². The predicted octanol–water partition coefficient (Wildman–Crippen LogP) is -0.698. The van der Waals surface area contributed by atoms with E-state index in [4.69, 9.17) is 18.4 Å². The molecule has 0 amide bonds. The van der Waals surface area contributed by atoms with Crippen LogP contribution in [0.4, 0.5) is 0 Å². The zero-order chi connectivity index (χ0) is 17.5. The first kappa shape index (κ1) is 17.3. The van der Waals surface area contributed by atoms with Crippen LogP contribution in [0.3, 0.4) is 0 Å². The lowest BCUT2D eigenvalue weighted by atomic mass is 9.94. The molecular formula is C14H18O9S. The molecule has 0 radical (unpaired) electrons. The Hall–Kier alpha value is -1.49. The van der Waals surface area contributed by atoms with E-state index in [0.29, 0.717) is 6.42 Å². The standard InChI is InChI=1S/C14H18O9S/c1-7(2)14(16)21-6-10(15)19-3-4-20-11-8-5-9-12(22-8)13(11)23-24(9,17)18/h8-9,11-13H,1,3-6H2,2H3. The largest absolute Gasteiger partial charge is 0.461 e. The van der Waals surface area contributed by atoms with Crippen LogP contribution in [0.1, 0.15) is 13.3 Å². The van der Waals surface area contributed by atoms with Crippen LogP contribution >= 0.6 is 0 Å². The Morgan fingerprint density at radius 2 is 1.96 bits per heavy atom. The summed E-state index contributed by atoms with van der Waals surface area (Å²) in [5.41, 5.74) is 0.187. The molecule has 10 heteroatoms. The van der Waals surface area contributed by atoms with E-state index in [2.05, 4.69) is 11.3 Å². The summed E-state index contributed by atoms with van der Waals surface area (Å²) in [6, 6.07) is 0. The highest BCUT2D eigenvalue weighted by Crippen LogP contribution is 2.47. The van der Waals surface area contributed by atoms with Crippen molar-refractivity contribution in [1.82, 2.24) is 0 Å². The molecule has 0 aromatic rings. The Kier molecular flexibility index (Phi) is 4.65. The minimum Gasteiger partial charge on any atom is -0.461 e. The van der Waals surface area contributed by atoms with Crippen molar-refractivity contribution in [2.24, 2.45) is 0 Å². The lowest BCUT2D eigenvalue weighted by molar-refractivity contribution is -0.158. The third-order valence-electron chi connectivity index (χ3n) is 4.12. The predicted molar refractivity (Wildman–Crippen MR) is 77.3 cm³/mol. The zero-order valence-corrected chi connectivity index (χ0v) is 13.8. The minimum atomic E-state index is -3.58. The van der Waals surface area contributed by atoms with Gasteiger partial charge in [-0.2, -0.15) is 8.42 Å². The van der Waals surface area contributed by atoms with Crippen LogP contribution in [0, 0.1) is 0 Å².